The van der Waals surface area contributed by atoms with Gasteiger partial charge in [0.15, 0.2) is 0 Å². The predicted molar refractivity (Wildman–Crippen MR) is 130 cm³/mol. The third kappa shape index (κ3) is 5.03. The maximum absolute atomic E-state index is 13.5. The summed E-state index contributed by atoms with van der Waals surface area (Å²) < 4.78 is 39.0. The molecular formula is C26H29NO5S. The molecule has 0 bridgehead atoms. The number of aryl methyl sites for hydroxylation is 3. The molecule has 3 aromatic carbocycles. The highest BCUT2D eigenvalue weighted by molar-refractivity contribution is 7.92. The van der Waals surface area contributed by atoms with Crippen molar-refractivity contribution in [2.24, 2.45) is 0 Å². The van der Waals surface area contributed by atoms with Crippen LogP contribution in [0, 0.1) is 27.7 Å². The number of hydrogen-bond acceptors (Lipinski definition) is 5. The number of methoxy groups -OCH3 is 1. The van der Waals surface area contributed by atoms with Crippen LogP contribution in [0.15, 0.2) is 59.5 Å². The molecule has 0 unspecified atom stereocenters. The Bertz CT molecular complexity index is 1280. The van der Waals surface area contributed by atoms with Crippen LogP contribution in [0.4, 0.5) is 5.69 Å². The minimum atomic E-state index is -3.91. The van der Waals surface area contributed by atoms with Gasteiger partial charge in [0, 0.05) is 6.54 Å². The largest absolute Gasteiger partial charge is 0.465 e. The van der Waals surface area contributed by atoms with Gasteiger partial charge in [0.2, 0.25) is 0 Å². The fraction of sp³-hybridized carbons (Fsp3) is 0.269. The lowest BCUT2D eigenvalue weighted by Crippen LogP contribution is -2.31. The minimum Gasteiger partial charge on any atom is -0.465 e. The molecule has 33 heavy (non-hydrogen) atoms. The topological polar surface area (TPSA) is 72.9 Å². The molecule has 3 rings (SSSR count). The van der Waals surface area contributed by atoms with Crippen molar-refractivity contribution in [1.29, 1.82) is 0 Å². The number of benzene rings is 3. The van der Waals surface area contributed by atoms with E-state index in [9.17, 15) is 13.2 Å². The van der Waals surface area contributed by atoms with Crippen LogP contribution in [-0.2, 0) is 14.8 Å². The lowest BCUT2D eigenvalue weighted by molar-refractivity contribution is 0.0599. The first-order valence-electron chi connectivity index (χ1n) is 10.7. The van der Waals surface area contributed by atoms with Crippen LogP contribution in [0.5, 0.6) is 11.5 Å². The SMILES string of the molecule is CCN(c1ccc(Oc2ccc(C)c(C)c2)cc1)S(=O)(=O)c1cc(C)c(C)c(C(=O)OC)c1. The Labute approximate surface area is 195 Å². The Morgan fingerprint density at radius 1 is 0.848 bits per heavy atom. The van der Waals surface area contributed by atoms with Crippen molar-refractivity contribution < 1.29 is 22.7 Å². The normalized spacial score (nSPS) is 11.2. The van der Waals surface area contributed by atoms with E-state index in [-0.39, 0.29) is 17.0 Å². The first-order chi connectivity index (χ1) is 15.6. The van der Waals surface area contributed by atoms with Crippen LogP contribution in [0.1, 0.15) is 39.5 Å². The highest BCUT2D eigenvalue weighted by Crippen LogP contribution is 2.30. The number of esters is 1. The minimum absolute atomic E-state index is 0.0447. The number of carbonyl (C=O) groups excluding carboxylic acids is 1. The van der Waals surface area contributed by atoms with Crippen molar-refractivity contribution in [3.63, 3.8) is 0 Å². The molecule has 0 saturated carbocycles. The summed E-state index contributed by atoms with van der Waals surface area (Å²) in [5.74, 6) is 0.759. The highest BCUT2D eigenvalue weighted by Gasteiger charge is 2.26. The van der Waals surface area contributed by atoms with Crippen LogP contribution >= 0.6 is 0 Å². The van der Waals surface area contributed by atoms with Crippen molar-refractivity contribution >= 4 is 21.7 Å². The Hall–Kier alpha value is -3.32. The van der Waals surface area contributed by atoms with Gasteiger partial charge in [0.1, 0.15) is 11.5 Å². The predicted octanol–water partition coefficient (Wildman–Crippen LogP) is 5.71. The second-order valence-electron chi connectivity index (χ2n) is 7.92. The summed E-state index contributed by atoms with van der Waals surface area (Å²) in [6.45, 7) is 9.59. The van der Waals surface area contributed by atoms with E-state index in [4.69, 9.17) is 9.47 Å². The number of hydrogen-bond donors (Lipinski definition) is 0. The quantitative estimate of drug-likeness (QED) is 0.416. The van der Waals surface area contributed by atoms with E-state index < -0.39 is 16.0 Å². The molecular weight excluding hydrogens is 438 g/mol. The molecule has 0 aliphatic heterocycles. The van der Waals surface area contributed by atoms with Crippen LogP contribution in [0.2, 0.25) is 0 Å². The van der Waals surface area contributed by atoms with Gasteiger partial charge in [-0.15, -0.1) is 0 Å². The summed E-state index contributed by atoms with van der Waals surface area (Å²) >= 11 is 0. The Balaban J connectivity index is 1.92. The van der Waals surface area contributed by atoms with Gasteiger partial charge in [0.05, 0.1) is 23.3 Å². The average Bonchev–Trinajstić information content (AvgIpc) is 2.79. The van der Waals surface area contributed by atoms with Crippen LogP contribution in [0.3, 0.4) is 0 Å². The van der Waals surface area contributed by atoms with Crippen molar-refractivity contribution in [3.8, 4) is 11.5 Å². The molecule has 0 atom stereocenters. The van der Waals surface area contributed by atoms with Gasteiger partial charge in [-0.3, -0.25) is 4.31 Å². The maximum Gasteiger partial charge on any atom is 0.338 e. The zero-order valence-electron chi connectivity index (χ0n) is 19.8. The summed E-state index contributed by atoms with van der Waals surface area (Å²) in [6, 6.07) is 15.7. The molecule has 0 aliphatic rings. The lowest BCUT2D eigenvalue weighted by atomic mass is 10.0. The summed E-state index contributed by atoms with van der Waals surface area (Å²) in [6.07, 6.45) is 0. The zero-order chi connectivity index (χ0) is 24.3. The van der Waals surface area contributed by atoms with Crippen molar-refractivity contribution in [2.45, 2.75) is 39.5 Å². The standard InChI is InChI=1S/C26H29NO5S/c1-7-27(33(29,30)24-15-19(4)20(5)25(16-24)26(28)31-6)21-9-12-22(13-10-21)32-23-11-8-17(2)18(3)14-23/h8-16H,7H2,1-6H3. The van der Waals surface area contributed by atoms with E-state index in [0.29, 0.717) is 22.6 Å². The number of ether oxygens (including phenoxy) is 2. The lowest BCUT2D eigenvalue weighted by Gasteiger charge is -2.24. The molecule has 7 heteroatoms. The van der Waals surface area contributed by atoms with Crippen LogP contribution in [-0.4, -0.2) is 28.0 Å². The van der Waals surface area contributed by atoms with E-state index in [2.05, 4.69) is 0 Å². The van der Waals surface area contributed by atoms with Gasteiger partial charge in [-0.05, 0) is 105 Å². The fourth-order valence-corrected chi connectivity index (χ4v) is 5.10. The number of sulfonamides is 1. The fourth-order valence-electron chi connectivity index (χ4n) is 3.51. The Kier molecular flexibility index (Phi) is 7.12. The van der Waals surface area contributed by atoms with E-state index >= 15 is 0 Å². The first kappa shape index (κ1) is 24.3. The molecule has 0 saturated heterocycles. The summed E-state index contributed by atoms with van der Waals surface area (Å²) in [4.78, 5) is 12.2. The monoisotopic (exact) mass is 467 g/mol. The molecule has 6 nitrogen and oxygen atoms in total. The molecule has 0 spiro atoms. The van der Waals surface area contributed by atoms with Gasteiger partial charge in [-0.25, -0.2) is 13.2 Å². The molecule has 0 N–H and O–H groups in total. The van der Waals surface area contributed by atoms with Crippen molar-refractivity contribution in [2.75, 3.05) is 18.0 Å². The third-order valence-electron chi connectivity index (χ3n) is 5.76. The van der Waals surface area contributed by atoms with Crippen LogP contribution in [0.25, 0.3) is 0 Å². The summed E-state index contributed by atoms with van der Waals surface area (Å²) in [5.41, 5.74) is 4.45. The third-order valence-corrected chi connectivity index (χ3v) is 7.64. The van der Waals surface area contributed by atoms with E-state index in [1.54, 1.807) is 51.1 Å². The first-order valence-corrected chi connectivity index (χ1v) is 12.1. The second kappa shape index (κ2) is 9.67. The smallest absolute Gasteiger partial charge is 0.338 e. The molecule has 174 valence electrons. The van der Waals surface area contributed by atoms with Gasteiger partial charge in [-0.2, -0.15) is 0 Å². The molecule has 0 heterocycles. The van der Waals surface area contributed by atoms with Gasteiger partial charge in [0.25, 0.3) is 10.0 Å². The average molecular weight is 468 g/mol. The number of rotatable bonds is 7. The molecule has 0 aromatic heterocycles. The van der Waals surface area contributed by atoms with E-state index in [1.807, 2.05) is 32.0 Å². The van der Waals surface area contributed by atoms with Gasteiger partial charge < -0.3 is 9.47 Å². The van der Waals surface area contributed by atoms with Crippen molar-refractivity contribution in [1.82, 2.24) is 0 Å². The Morgan fingerprint density at radius 2 is 1.48 bits per heavy atom. The maximum atomic E-state index is 13.5. The van der Waals surface area contributed by atoms with E-state index in [0.717, 1.165) is 11.3 Å². The Morgan fingerprint density at radius 3 is 2.06 bits per heavy atom. The summed E-state index contributed by atoms with van der Waals surface area (Å²) in [7, 11) is -2.63. The van der Waals surface area contributed by atoms with Crippen molar-refractivity contribution in [3.05, 3.63) is 82.4 Å². The number of anilines is 1. The number of carbonyl (C=O) groups is 1. The molecule has 3 aromatic rings. The summed E-state index contributed by atoms with van der Waals surface area (Å²) in [5, 5.41) is 0. The molecule has 0 aliphatic carbocycles. The van der Waals surface area contributed by atoms with E-state index in [1.165, 1.54) is 23.0 Å². The highest BCUT2D eigenvalue weighted by atomic mass is 32.2. The molecule has 0 amide bonds. The number of nitrogens with zero attached hydrogens (tertiary/aromatic N) is 1. The second-order valence-corrected chi connectivity index (χ2v) is 9.78. The van der Waals surface area contributed by atoms with Gasteiger partial charge in [-0.1, -0.05) is 6.07 Å². The molecule has 0 fully saturated rings. The zero-order valence-corrected chi connectivity index (χ0v) is 20.6. The van der Waals surface area contributed by atoms with Crippen LogP contribution < -0.4 is 9.04 Å². The molecule has 0 radical (unpaired) electrons. The van der Waals surface area contributed by atoms with Gasteiger partial charge >= 0.3 is 5.97 Å².